The van der Waals surface area contributed by atoms with Crippen LogP contribution in [0.1, 0.15) is 29.9 Å². The fourth-order valence-corrected chi connectivity index (χ4v) is 6.68. The Labute approximate surface area is 251 Å². The number of fused-ring (bicyclic) bond motifs is 1. The monoisotopic (exact) mass is 643 g/mol. The summed E-state index contributed by atoms with van der Waals surface area (Å²) in [5, 5.41) is 1.47. The van der Waals surface area contributed by atoms with Crippen LogP contribution in [0, 0.1) is 0 Å². The number of esters is 1. The maximum atomic E-state index is 14.0. The first-order valence-corrected chi connectivity index (χ1v) is 15.2. The first-order valence-electron chi connectivity index (χ1n) is 12.7. The van der Waals surface area contributed by atoms with E-state index in [1.54, 1.807) is 23.8 Å². The molecule has 0 radical (unpaired) electrons. The summed E-state index contributed by atoms with van der Waals surface area (Å²) in [7, 11) is 0. The van der Waals surface area contributed by atoms with E-state index in [4.69, 9.17) is 14.1 Å². The van der Waals surface area contributed by atoms with Crippen LogP contribution in [0.4, 0.5) is 0 Å². The average molecular weight is 645 g/mol. The van der Waals surface area contributed by atoms with Crippen molar-refractivity contribution in [2.45, 2.75) is 23.1 Å². The van der Waals surface area contributed by atoms with Gasteiger partial charge in [-0.25, -0.2) is 14.8 Å². The molecular formula is C31H22BrN3O4S2. The standard InChI is InChI=1S/C31H22BrN3O4S2/c1-2-38-30(37)26-27(19-9-4-3-5-10-19)34-31-35(28(26)20-11-8-12-21(32)17-20)29(36)23(40-31)18-22-14-15-25(39-22)41-24-13-6-7-16-33-24/h3-18,28H,2H2,1H3/b23-18-/t28-/m0/s1. The van der Waals surface area contributed by atoms with Crippen LogP contribution in [0.25, 0.3) is 11.8 Å². The third kappa shape index (κ3) is 5.63. The van der Waals surface area contributed by atoms with E-state index < -0.39 is 12.0 Å². The van der Waals surface area contributed by atoms with Gasteiger partial charge >= 0.3 is 5.97 Å². The molecule has 0 amide bonds. The molecule has 3 aromatic heterocycles. The molecule has 1 aliphatic heterocycles. The summed E-state index contributed by atoms with van der Waals surface area (Å²) >= 11 is 6.19. The van der Waals surface area contributed by atoms with Crippen molar-refractivity contribution in [2.75, 3.05) is 6.61 Å². The van der Waals surface area contributed by atoms with E-state index in [9.17, 15) is 9.59 Å². The Hall–Kier alpha value is -3.99. The Morgan fingerprint density at radius 2 is 1.93 bits per heavy atom. The Morgan fingerprint density at radius 1 is 1.10 bits per heavy atom. The lowest BCUT2D eigenvalue weighted by atomic mass is 9.93. The zero-order valence-corrected chi connectivity index (χ0v) is 24.9. The van der Waals surface area contributed by atoms with E-state index in [1.807, 2.05) is 84.9 Å². The van der Waals surface area contributed by atoms with Crippen LogP contribution < -0.4 is 14.9 Å². The van der Waals surface area contributed by atoms with Gasteiger partial charge in [-0.05, 0) is 60.6 Å². The molecule has 2 aromatic carbocycles. The molecule has 0 bridgehead atoms. The largest absolute Gasteiger partial charge is 0.463 e. The molecule has 0 N–H and O–H groups in total. The van der Waals surface area contributed by atoms with Gasteiger partial charge in [0.15, 0.2) is 9.89 Å². The number of thiazole rings is 1. The van der Waals surface area contributed by atoms with Crippen LogP contribution in [0.2, 0.25) is 0 Å². The first-order chi connectivity index (χ1) is 20.0. The lowest BCUT2D eigenvalue weighted by Crippen LogP contribution is -2.40. The third-order valence-electron chi connectivity index (χ3n) is 6.26. The molecule has 41 heavy (non-hydrogen) atoms. The zero-order valence-electron chi connectivity index (χ0n) is 21.7. The molecule has 5 aromatic rings. The van der Waals surface area contributed by atoms with Gasteiger partial charge in [0.2, 0.25) is 0 Å². The fourth-order valence-electron chi connectivity index (χ4n) is 4.54. The predicted molar refractivity (Wildman–Crippen MR) is 162 cm³/mol. The van der Waals surface area contributed by atoms with Gasteiger partial charge in [-0.1, -0.05) is 75.8 Å². The van der Waals surface area contributed by atoms with Crippen molar-refractivity contribution in [1.29, 1.82) is 0 Å². The molecular weight excluding hydrogens is 622 g/mol. The number of furan rings is 1. The highest BCUT2D eigenvalue weighted by Crippen LogP contribution is 2.36. The average Bonchev–Trinajstić information content (AvgIpc) is 3.56. The second kappa shape index (κ2) is 11.9. The second-order valence-electron chi connectivity index (χ2n) is 8.91. The molecule has 6 rings (SSSR count). The van der Waals surface area contributed by atoms with Gasteiger partial charge in [0.1, 0.15) is 10.8 Å². The Kier molecular flexibility index (Phi) is 7.86. The number of hydrogen-bond acceptors (Lipinski definition) is 8. The number of rotatable bonds is 7. The van der Waals surface area contributed by atoms with Gasteiger partial charge in [-0.3, -0.25) is 9.36 Å². The lowest BCUT2D eigenvalue weighted by molar-refractivity contribution is -0.138. The van der Waals surface area contributed by atoms with Crippen molar-refractivity contribution in [3.8, 4) is 0 Å². The number of benzene rings is 2. The van der Waals surface area contributed by atoms with Crippen molar-refractivity contribution in [3.05, 3.63) is 138 Å². The molecule has 0 spiro atoms. The number of pyridine rings is 1. The predicted octanol–water partition coefficient (Wildman–Crippen LogP) is 5.84. The van der Waals surface area contributed by atoms with E-state index in [-0.39, 0.29) is 12.2 Å². The number of nitrogens with zero attached hydrogens (tertiary/aromatic N) is 3. The number of carbonyl (C=O) groups is 1. The fraction of sp³-hybridized carbons (Fsp3) is 0.0968. The minimum Gasteiger partial charge on any atom is -0.463 e. The summed E-state index contributed by atoms with van der Waals surface area (Å²) in [6.07, 6.45) is 3.43. The summed E-state index contributed by atoms with van der Waals surface area (Å²) in [5.74, 6) is 0.0113. The molecule has 0 fully saturated rings. The molecule has 10 heteroatoms. The van der Waals surface area contributed by atoms with Gasteiger partial charge < -0.3 is 9.15 Å². The quantitative estimate of drug-likeness (QED) is 0.207. The summed E-state index contributed by atoms with van der Waals surface area (Å²) < 4.78 is 14.3. The third-order valence-corrected chi connectivity index (χ3v) is 8.60. The van der Waals surface area contributed by atoms with Gasteiger partial charge in [0.25, 0.3) is 5.56 Å². The summed E-state index contributed by atoms with van der Waals surface area (Å²) in [6.45, 7) is 1.95. The molecule has 4 heterocycles. The maximum Gasteiger partial charge on any atom is 0.338 e. The number of aromatic nitrogens is 2. The molecule has 1 aliphatic rings. The van der Waals surface area contributed by atoms with E-state index >= 15 is 0 Å². The summed E-state index contributed by atoms with van der Waals surface area (Å²) in [6, 6.07) is 25.6. The van der Waals surface area contributed by atoms with Crippen LogP contribution in [-0.4, -0.2) is 22.1 Å². The van der Waals surface area contributed by atoms with E-state index in [0.717, 1.165) is 20.6 Å². The highest BCUT2D eigenvalue weighted by atomic mass is 79.9. The lowest BCUT2D eigenvalue weighted by Gasteiger charge is -2.26. The van der Waals surface area contributed by atoms with Crippen molar-refractivity contribution in [3.63, 3.8) is 0 Å². The normalized spacial score (nSPS) is 15.0. The first kappa shape index (κ1) is 27.2. The SMILES string of the molecule is CCOC(=O)C1=C(c2ccccc2)N=c2s/c(=C\c3ccc(Sc4ccccn4)o3)c(=O)n2[C@H]1c1cccc(Br)c1. The molecule has 0 saturated heterocycles. The number of hydrogen-bond donors (Lipinski definition) is 0. The molecule has 204 valence electrons. The zero-order chi connectivity index (χ0) is 28.3. The van der Waals surface area contributed by atoms with Crippen LogP contribution in [0.3, 0.4) is 0 Å². The summed E-state index contributed by atoms with van der Waals surface area (Å²) in [5.41, 5.74) is 2.03. The topological polar surface area (TPSA) is 86.7 Å². The maximum absolute atomic E-state index is 14.0. The van der Waals surface area contributed by atoms with Crippen molar-refractivity contribution >= 4 is 56.8 Å². The number of halogens is 1. The number of carbonyl (C=O) groups excluding carboxylic acids is 1. The molecule has 1 atom stereocenters. The minimum atomic E-state index is -0.743. The Balaban J connectivity index is 1.53. The van der Waals surface area contributed by atoms with E-state index in [2.05, 4.69) is 20.9 Å². The van der Waals surface area contributed by atoms with Crippen molar-refractivity contribution < 1.29 is 13.9 Å². The molecule has 0 unspecified atom stereocenters. The highest BCUT2D eigenvalue weighted by Gasteiger charge is 2.35. The Bertz CT molecular complexity index is 1950. The van der Waals surface area contributed by atoms with Gasteiger partial charge in [-0.15, -0.1) is 0 Å². The molecule has 0 saturated carbocycles. The van der Waals surface area contributed by atoms with E-state index in [1.165, 1.54) is 23.1 Å². The molecule has 0 aliphatic carbocycles. The van der Waals surface area contributed by atoms with Gasteiger partial charge in [-0.2, -0.15) is 0 Å². The van der Waals surface area contributed by atoms with Crippen LogP contribution >= 0.6 is 39.0 Å². The van der Waals surface area contributed by atoms with Crippen LogP contribution in [0.5, 0.6) is 0 Å². The Morgan fingerprint density at radius 3 is 2.68 bits per heavy atom. The van der Waals surface area contributed by atoms with E-state index in [0.29, 0.717) is 31.5 Å². The van der Waals surface area contributed by atoms with Crippen LogP contribution in [-0.2, 0) is 9.53 Å². The van der Waals surface area contributed by atoms with Gasteiger partial charge in [0.05, 0.1) is 28.5 Å². The minimum absolute atomic E-state index is 0.192. The van der Waals surface area contributed by atoms with Crippen LogP contribution in [0.15, 0.2) is 125 Å². The second-order valence-corrected chi connectivity index (χ2v) is 11.9. The smallest absolute Gasteiger partial charge is 0.338 e. The number of ether oxygens (including phenoxy) is 1. The van der Waals surface area contributed by atoms with Gasteiger partial charge in [0, 0.05) is 22.3 Å². The summed E-state index contributed by atoms with van der Waals surface area (Å²) in [4.78, 5) is 37.2. The van der Waals surface area contributed by atoms with Crippen molar-refractivity contribution in [2.24, 2.45) is 4.99 Å². The highest BCUT2D eigenvalue weighted by molar-refractivity contribution is 9.10. The molecule has 7 nitrogen and oxygen atoms in total. The van der Waals surface area contributed by atoms with Crippen molar-refractivity contribution in [1.82, 2.24) is 9.55 Å².